The summed E-state index contributed by atoms with van der Waals surface area (Å²) in [7, 11) is 0. The van der Waals surface area contributed by atoms with Gasteiger partial charge >= 0.3 is 5.97 Å². The number of hydrogen-bond acceptors (Lipinski definition) is 4. The highest BCUT2D eigenvalue weighted by molar-refractivity contribution is 5.95. The van der Waals surface area contributed by atoms with E-state index in [1.165, 1.54) is 12.3 Å². The van der Waals surface area contributed by atoms with Gasteiger partial charge in [0, 0.05) is 13.0 Å². The molecule has 0 aromatic carbocycles. The summed E-state index contributed by atoms with van der Waals surface area (Å²) in [5.41, 5.74) is 0. The average molecular weight is 296 g/mol. The molecule has 1 aromatic rings. The maximum absolute atomic E-state index is 11.9. The smallest absolute Gasteiger partial charge is 0.303 e. The van der Waals surface area contributed by atoms with Gasteiger partial charge in [-0.05, 0) is 25.0 Å². The monoisotopic (exact) mass is 296 g/mol. The summed E-state index contributed by atoms with van der Waals surface area (Å²) in [5, 5.41) is 13.9. The molecule has 1 heterocycles. The first-order valence-corrected chi connectivity index (χ1v) is 6.77. The summed E-state index contributed by atoms with van der Waals surface area (Å²) in [6.45, 7) is 3.68. The van der Waals surface area contributed by atoms with Crippen molar-refractivity contribution in [2.45, 2.75) is 32.7 Å². The zero-order valence-corrected chi connectivity index (χ0v) is 12.1. The van der Waals surface area contributed by atoms with E-state index in [-0.39, 0.29) is 30.6 Å². The highest BCUT2D eigenvalue weighted by atomic mass is 16.4. The number of carbonyl (C=O) groups excluding carboxylic acids is 2. The summed E-state index contributed by atoms with van der Waals surface area (Å²) in [6, 6.07) is 2.35. The number of hydrogen-bond donors (Lipinski definition) is 3. The highest BCUT2D eigenvalue weighted by Crippen LogP contribution is 2.06. The van der Waals surface area contributed by atoms with E-state index in [4.69, 9.17) is 9.52 Å². The van der Waals surface area contributed by atoms with E-state index in [0.29, 0.717) is 6.42 Å². The molecule has 116 valence electrons. The molecule has 0 fully saturated rings. The molecule has 0 aliphatic heterocycles. The molecule has 3 N–H and O–H groups in total. The number of carbonyl (C=O) groups is 3. The van der Waals surface area contributed by atoms with Crippen molar-refractivity contribution in [2.75, 3.05) is 6.54 Å². The molecule has 0 saturated heterocycles. The molecule has 0 spiro atoms. The Morgan fingerprint density at radius 3 is 2.62 bits per heavy atom. The minimum absolute atomic E-state index is 0.00388. The lowest BCUT2D eigenvalue weighted by Gasteiger charge is -2.17. The Bertz CT molecular complexity index is 484. The van der Waals surface area contributed by atoms with Crippen LogP contribution in [0.2, 0.25) is 0 Å². The van der Waals surface area contributed by atoms with E-state index in [1.807, 2.05) is 6.92 Å². The topological polar surface area (TPSA) is 109 Å². The van der Waals surface area contributed by atoms with Crippen LogP contribution in [0.5, 0.6) is 0 Å². The van der Waals surface area contributed by atoms with Gasteiger partial charge in [0.25, 0.3) is 5.91 Å². The highest BCUT2D eigenvalue weighted by Gasteiger charge is 2.19. The molecule has 1 aromatic heterocycles. The van der Waals surface area contributed by atoms with Gasteiger partial charge in [-0.2, -0.15) is 0 Å². The Labute approximate surface area is 122 Å². The quantitative estimate of drug-likeness (QED) is 0.663. The van der Waals surface area contributed by atoms with E-state index >= 15 is 0 Å². The van der Waals surface area contributed by atoms with Crippen molar-refractivity contribution in [3.63, 3.8) is 0 Å². The fourth-order valence-corrected chi connectivity index (χ4v) is 1.75. The zero-order valence-electron chi connectivity index (χ0n) is 12.1. The minimum Gasteiger partial charge on any atom is -0.481 e. The van der Waals surface area contributed by atoms with Gasteiger partial charge in [-0.1, -0.05) is 13.3 Å². The van der Waals surface area contributed by atoms with Crippen LogP contribution < -0.4 is 10.6 Å². The van der Waals surface area contributed by atoms with Gasteiger partial charge in [0.15, 0.2) is 5.76 Å². The molecule has 1 rings (SSSR count). The van der Waals surface area contributed by atoms with Crippen LogP contribution in [-0.4, -0.2) is 35.5 Å². The second-order valence-electron chi connectivity index (χ2n) is 4.79. The number of rotatable bonds is 8. The fraction of sp³-hybridized carbons (Fsp3) is 0.500. The number of carboxylic acids is 1. The summed E-state index contributed by atoms with van der Waals surface area (Å²) in [4.78, 5) is 34.2. The standard InChI is InChI=1S/C14H20N2O5/c1-3-10(7-12(17)18)8-15-13(19)9(2)16-14(20)11-5-4-6-21-11/h4-6,9-10H,3,7-8H2,1-2H3,(H,15,19)(H,16,20)(H,17,18). The van der Waals surface area contributed by atoms with Crippen molar-refractivity contribution in [2.24, 2.45) is 5.92 Å². The number of nitrogens with one attached hydrogen (secondary N) is 2. The Morgan fingerprint density at radius 1 is 1.38 bits per heavy atom. The largest absolute Gasteiger partial charge is 0.481 e. The number of amides is 2. The maximum atomic E-state index is 11.9. The molecule has 2 atom stereocenters. The van der Waals surface area contributed by atoms with Crippen molar-refractivity contribution in [1.82, 2.24) is 10.6 Å². The van der Waals surface area contributed by atoms with Crippen molar-refractivity contribution in [3.05, 3.63) is 24.2 Å². The second-order valence-corrected chi connectivity index (χ2v) is 4.79. The van der Waals surface area contributed by atoms with E-state index < -0.39 is 17.9 Å². The van der Waals surface area contributed by atoms with Crippen molar-refractivity contribution >= 4 is 17.8 Å². The normalized spacial score (nSPS) is 13.2. The third-order valence-electron chi connectivity index (χ3n) is 3.09. The molecule has 7 heteroatoms. The number of aliphatic carboxylic acids is 1. The van der Waals surface area contributed by atoms with Gasteiger partial charge in [-0.15, -0.1) is 0 Å². The molecule has 0 aliphatic carbocycles. The van der Waals surface area contributed by atoms with Crippen LogP contribution in [0.15, 0.2) is 22.8 Å². The van der Waals surface area contributed by atoms with Crippen LogP contribution in [0.1, 0.15) is 37.2 Å². The number of carboxylic acid groups (broad SMARTS) is 1. The lowest BCUT2D eigenvalue weighted by Crippen LogP contribution is -2.46. The molecular weight excluding hydrogens is 276 g/mol. The Morgan fingerprint density at radius 2 is 2.10 bits per heavy atom. The third-order valence-corrected chi connectivity index (χ3v) is 3.09. The summed E-state index contributed by atoms with van der Waals surface area (Å²) < 4.78 is 4.93. The first-order valence-electron chi connectivity index (χ1n) is 6.77. The molecular formula is C14H20N2O5. The fourth-order valence-electron chi connectivity index (χ4n) is 1.75. The summed E-state index contributed by atoms with van der Waals surface area (Å²) in [5.74, 6) is -1.72. The van der Waals surface area contributed by atoms with Crippen molar-refractivity contribution < 1.29 is 23.9 Å². The molecule has 7 nitrogen and oxygen atoms in total. The van der Waals surface area contributed by atoms with E-state index in [0.717, 1.165) is 0 Å². The minimum atomic E-state index is -0.893. The third kappa shape index (κ3) is 5.68. The van der Waals surface area contributed by atoms with Crippen molar-refractivity contribution in [1.29, 1.82) is 0 Å². The average Bonchev–Trinajstić information content (AvgIpc) is 2.96. The first kappa shape index (κ1) is 16.7. The van der Waals surface area contributed by atoms with Gasteiger partial charge in [-0.25, -0.2) is 0 Å². The Hall–Kier alpha value is -2.31. The first-order chi connectivity index (χ1) is 9.93. The molecule has 0 saturated carbocycles. The van der Waals surface area contributed by atoms with Crippen LogP contribution in [0.25, 0.3) is 0 Å². The van der Waals surface area contributed by atoms with Gasteiger partial charge in [0.05, 0.1) is 6.26 Å². The second kappa shape index (κ2) is 8.08. The van der Waals surface area contributed by atoms with Crippen LogP contribution in [0, 0.1) is 5.92 Å². The van der Waals surface area contributed by atoms with E-state index in [9.17, 15) is 14.4 Å². The maximum Gasteiger partial charge on any atom is 0.303 e. The SMILES string of the molecule is CCC(CNC(=O)C(C)NC(=O)c1ccco1)CC(=O)O. The molecule has 21 heavy (non-hydrogen) atoms. The summed E-state index contributed by atoms with van der Waals surface area (Å²) in [6.07, 6.45) is 2.03. The van der Waals surface area contributed by atoms with Crippen LogP contribution in [0.3, 0.4) is 0 Å². The van der Waals surface area contributed by atoms with Crippen LogP contribution in [0.4, 0.5) is 0 Å². The van der Waals surface area contributed by atoms with Gasteiger partial charge in [-0.3, -0.25) is 14.4 Å². The number of furan rings is 1. The van der Waals surface area contributed by atoms with Crippen LogP contribution >= 0.6 is 0 Å². The molecule has 2 amide bonds. The predicted molar refractivity (Wildman–Crippen MR) is 74.7 cm³/mol. The Balaban J connectivity index is 2.40. The van der Waals surface area contributed by atoms with Crippen molar-refractivity contribution in [3.8, 4) is 0 Å². The van der Waals surface area contributed by atoms with E-state index in [2.05, 4.69) is 10.6 Å². The van der Waals surface area contributed by atoms with Gasteiger partial charge in [0.2, 0.25) is 5.91 Å². The molecule has 0 aliphatic rings. The predicted octanol–water partition coefficient (Wildman–Crippen LogP) is 1.01. The Kier molecular flexibility index (Phi) is 6.45. The van der Waals surface area contributed by atoms with Gasteiger partial charge in [0.1, 0.15) is 6.04 Å². The van der Waals surface area contributed by atoms with Crippen LogP contribution in [-0.2, 0) is 9.59 Å². The van der Waals surface area contributed by atoms with Gasteiger partial charge < -0.3 is 20.2 Å². The van der Waals surface area contributed by atoms with E-state index in [1.54, 1.807) is 13.0 Å². The molecule has 0 radical (unpaired) electrons. The molecule has 2 unspecified atom stereocenters. The summed E-state index contributed by atoms with van der Waals surface area (Å²) >= 11 is 0. The lowest BCUT2D eigenvalue weighted by molar-refractivity contribution is -0.138. The lowest BCUT2D eigenvalue weighted by atomic mass is 10.0. The molecule has 0 bridgehead atoms. The zero-order chi connectivity index (χ0) is 15.8.